The minimum Gasteiger partial charge on any atom is -0.387 e. The molecule has 0 bridgehead atoms. The highest BCUT2D eigenvalue weighted by atomic mass is 31.3. The van der Waals surface area contributed by atoms with Crippen molar-refractivity contribution in [3.63, 3.8) is 0 Å². The molecule has 1 saturated heterocycles. The number of fused-ring (bicyclic) bond motifs is 1. The lowest BCUT2D eigenvalue weighted by molar-refractivity contribution is -0.0547. The summed E-state index contributed by atoms with van der Waals surface area (Å²) in [6.45, 7) is -1.22. The molecule has 1 aromatic carbocycles. The summed E-state index contributed by atoms with van der Waals surface area (Å²) in [5.74, 6) is 0. The summed E-state index contributed by atoms with van der Waals surface area (Å²) >= 11 is 0. The van der Waals surface area contributed by atoms with Crippen LogP contribution >= 0.6 is 15.6 Å². The van der Waals surface area contributed by atoms with Crippen LogP contribution in [0.2, 0.25) is 0 Å². The number of ether oxygens (including phenoxy) is 1. The van der Waals surface area contributed by atoms with Crippen molar-refractivity contribution in [1.82, 2.24) is 14.3 Å². The van der Waals surface area contributed by atoms with E-state index in [-0.39, 0.29) is 6.54 Å². The fourth-order valence-corrected chi connectivity index (χ4v) is 5.09. The van der Waals surface area contributed by atoms with Gasteiger partial charge < -0.3 is 34.2 Å². The first kappa shape index (κ1) is 25.6. The summed E-state index contributed by atoms with van der Waals surface area (Å²) in [6.07, 6.45) is -5.53. The Labute approximate surface area is 194 Å². The van der Waals surface area contributed by atoms with E-state index < -0.39 is 58.0 Å². The summed E-state index contributed by atoms with van der Waals surface area (Å²) < 4.78 is 42.6. The Morgan fingerprint density at radius 1 is 1.06 bits per heavy atom. The summed E-state index contributed by atoms with van der Waals surface area (Å²) in [5, 5.41) is 25.1. The summed E-state index contributed by atoms with van der Waals surface area (Å²) in [4.78, 5) is 52.1. The topological polar surface area (TPSA) is 233 Å². The Balaban J connectivity index is 1.56. The largest absolute Gasteiger partial charge is 0.481 e. The molecule has 5 N–H and O–H groups in total. The van der Waals surface area contributed by atoms with E-state index in [2.05, 4.69) is 14.0 Å². The standard InChI is InChI=1S/C17H19N3O13P2/c21-13-5-6-19(17(24)20(13)7-10-9-3-1-2-4-11(9)32-18-10)16-15(23)14(22)12(31-16)8-30-35(28,29)33-34(25,26)27/h1-6,12,14-16,22-23H,7-8H2,(H,28,29)(H2,25,26,27)/t12-,14?,15?,16-/m1/s1. The molecule has 1 aliphatic heterocycles. The Bertz CT molecular complexity index is 1440. The van der Waals surface area contributed by atoms with E-state index in [1.807, 2.05) is 0 Å². The molecule has 18 heteroatoms. The van der Waals surface area contributed by atoms with Crippen LogP contribution in [0.4, 0.5) is 0 Å². The molecule has 0 saturated carbocycles. The molecule has 0 radical (unpaired) electrons. The number of hydrogen-bond donors (Lipinski definition) is 5. The van der Waals surface area contributed by atoms with Crippen LogP contribution in [0.15, 0.2) is 50.6 Å². The molecule has 1 aliphatic rings. The number of para-hydroxylation sites is 1. The maximum absolute atomic E-state index is 13.0. The minimum absolute atomic E-state index is 0.277. The Morgan fingerprint density at radius 2 is 1.77 bits per heavy atom. The molecule has 3 heterocycles. The second kappa shape index (κ2) is 9.52. The number of phosphoric acid groups is 2. The zero-order valence-electron chi connectivity index (χ0n) is 17.4. The van der Waals surface area contributed by atoms with Crippen LogP contribution < -0.4 is 11.2 Å². The van der Waals surface area contributed by atoms with Gasteiger partial charge in [0.2, 0.25) is 0 Å². The number of benzene rings is 1. The molecule has 3 aromatic rings. The number of rotatable bonds is 8. The zero-order valence-corrected chi connectivity index (χ0v) is 19.2. The molecule has 4 rings (SSSR count). The Morgan fingerprint density at radius 3 is 2.49 bits per heavy atom. The van der Waals surface area contributed by atoms with Crippen molar-refractivity contribution in [3.05, 3.63) is 63.1 Å². The van der Waals surface area contributed by atoms with Gasteiger partial charge in [0.25, 0.3) is 5.56 Å². The second-order valence-electron chi connectivity index (χ2n) is 7.44. The van der Waals surface area contributed by atoms with E-state index in [4.69, 9.17) is 19.0 Å². The van der Waals surface area contributed by atoms with Crippen LogP contribution in [0.1, 0.15) is 11.9 Å². The summed E-state index contributed by atoms with van der Waals surface area (Å²) in [6, 6.07) is 7.80. The average molecular weight is 535 g/mol. The van der Waals surface area contributed by atoms with Crippen LogP contribution in [0.5, 0.6) is 0 Å². The Kier molecular flexibility index (Phi) is 6.96. The SMILES string of the molecule is O=c1ccn([C@@H]2O[C@H](COP(=O)(O)OP(=O)(O)O)C(O)C2O)c(=O)n1Cc1noc2ccccc12. The first-order valence-electron chi connectivity index (χ1n) is 9.77. The smallest absolute Gasteiger partial charge is 0.387 e. The van der Waals surface area contributed by atoms with E-state index >= 15 is 0 Å². The number of aromatic nitrogens is 3. The highest BCUT2D eigenvalue weighted by Crippen LogP contribution is 2.57. The second-order valence-corrected chi connectivity index (χ2v) is 10.3. The van der Waals surface area contributed by atoms with Gasteiger partial charge in [0.1, 0.15) is 24.0 Å². The maximum Gasteiger partial charge on any atom is 0.481 e. The predicted molar refractivity (Wildman–Crippen MR) is 113 cm³/mol. The molecule has 2 aromatic heterocycles. The van der Waals surface area contributed by atoms with Gasteiger partial charge in [0, 0.05) is 17.6 Å². The van der Waals surface area contributed by atoms with Gasteiger partial charge in [-0.1, -0.05) is 17.3 Å². The van der Waals surface area contributed by atoms with Gasteiger partial charge >= 0.3 is 21.3 Å². The molecule has 16 nitrogen and oxygen atoms in total. The van der Waals surface area contributed by atoms with Gasteiger partial charge in [-0.3, -0.25) is 18.5 Å². The van der Waals surface area contributed by atoms with Crippen LogP contribution in [0.3, 0.4) is 0 Å². The number of aliphatic hydroxyl groups excluding tert-OH is 2. The highest BCUT2D eigenvalue weighted by Gasteiger charge is 2.46. The number of aliphatic hydroxyl groups is 2. The maximum atomic E-state index is 13.0. The molecule has 0 amide bonds. The fraction of sp³-hybridized carbons (Fsp3) is 0.353. The fourth-order valence-electron chi connectivity index (χ4n) is 3.49. The van der Waals surface area contributed by atoms with E-state index in [1.165, 1.54) is 0 Å². The van der Waals surface area contributed by atoms with E-state index in [0.717, 1.165) is 21.4 Å². The van der Waals surface area contributed by atoms with Crippen molar-refractivity contribution in [2.75, 3.05) is 6.61 Å². The van der Waals surface area contributed by atoms with E-state index in [1.54, 1.807) is 24.3 Å². The van der Waals surface area contributed by atoms with Gasteiger partial charge in [-0.2, -0.15) is 4.31 Å². The third-order valence-electron chi connectivity index (χ3n) is 5.08. The van der Waals surface area contributed by atoms with Crippen molar-refractivity contribution in [1.29, 1.82) is 0 Å². The molecular formula is C17H19N3O13P2. The van der Waals surface area contributed by atoms with Crippen LogP contribution in [0, 0.1) is 0 Å². The van der Waals surface area contributed by atoms with Crippen molar-refractivity contribution in [2.45, 2.75) is 31.1 Å². The number of phosphoric ester groups is 1. The minimum atomic E-state index is -5.37. The van der Waals surface area contributed by atoms with Gasteiger partial charge in [-0.25, -0.2) is 13.9 Å². The lowest BCUT2D eigenvalue weighted by atomic mass is 10.1. The predicted octanol–water partition coefficient (Wildman–Crippen LogP) is -0.955. The van der Waals surface area contributed by atoms with Crippen LogP contribution in [-0.2, 0) is 29.2 Å². The third kappa shape index (κ3) is 5.52. The number of nitrogens with zero attached hydrogens (tertiary/aromatic N) is 3. The van der Waals surface area contributed by atoms with Gasteiger partial charge in [-0.05, 0) is 12.1 Å². The van der Waals surface area contributed by atoms with Gasteiger partial charge in [0.05, 0.1) is 13.2 Å². The Hall–Kier alpha value is -2.49. The van der Waals surface area contributed by atoms with Crippen molar-refractivity contribution in [2.24, 2.45) is 0 Å². The lowest BCUT2D eigenvalue weighted by Gasteiger charge is -2.19. The molecule has 5 atom stereocenters. The summed E-state index contributed by atoms with van der Waals surface area (Å²) in [7, 11) is -10.6. The lowest BCUT2D eigenvalue weighted by Crippen LogP contribution is -2.43. The molecule has 190 valence electrons. The van der Waals surface area contributed by atoms with Crippen molar-refractivity contribution < 1.29 is 52.1 Å². The van der Waals surface area contributed by atoms with Crippen LogP contribution in [0.25, 0.3) is 11.0 Å². The third-order valence-corrected chi connectivity index (χ3v) is 7.23. The first-order chi connectivity index (χ1) is 16.4. The molecular weight excluding hydrogens is 516 g/mol. The highest BCUT2D eigenvalue weighted by molar-refractivity contribution is 7.60. The molecule has 35 heavy (non-hydrogen) atoms. The van der Waals surface area contributed by atoms with Crippen molar-refractivity contribution in [3.8, 4) is 0 Å². The summed E-state index contributed by atoms with van der Waals surface area (Å²) in [5.41, 5.74) is -0.890. The van der Waals surface area contributed by atoms with Crippen LogP contribution in [-0.4, -0.2) is 64.1 Å². The molecule has 0 aliphatic carbocycles. The van der Waals surface area contributed by atoms with E-state index in [0.29, 0.717) is 16.7 Å². The molecule has 1 fully saturated rings. The number of hydrogen-bond acceptors (Lipinski definition) is 11. The molecule has 3 unspecified atom stereocenters. The first-order valence-corrected chi connectivity index (χ1v) is 12.8. The zero-order chi connectivity index (χ0) is 25.5. The quantitative estimate of drug-likeness (QED) is 0.219. The normalized spacial score (nSPS) is 24.6. The van der Waals surface area contributed by atoms with Gasteiger partial charge in [0.15, 0.2) is 11.8 Å². The van der Waals surface area contributed by atoms with Gasteiger partial charge in [-0.15, -0.1) is 0 Å². The van der Waals surface area contributed by atoms with Crippen molar-refractivity contribution >= 4 is 26.6 Å². The monoisotopic (exact) mass is 535 g/mol. The van der Waals surface area contributed by atoms with E-state index in [9.17, 15) is 33.8 Å². The molecule has 0 spiro atoms. The average Bonchev–Trinajstić information content (AvgIpc) is 3.30.